The number of amides is 1. The van der Waals surface area contributed by atoms with E-state index in [2.05, 4.69) is 0 Å². The van der Waals surface area contributed by atoms with E-state index < -0.39 is 29.4 Å². The molecule has 2 aromatic carbocycles. The first-order chi connectivity index (χ1) is 15.3. The van der Waals surface area contributed by atoms with Crippen LogP contribution in [0.1, 0.15) is 39.2 Å². The second kappa shape index (κ2) is 10.0. The number of hydrogen-bond donors (Lipinski definition) is 3. The molecule has 1 heterocycles. The van der Waals surface area contributed by atoms with Crippen LogP contribution in [0.5, 0.6) is 0 Å². The number of rotatable bonds is 4. The standard InChI is InChI=1S/C13H12ClNO4.C8H5F4NO/c1-7(6-16)15-5-4-8-9(12(15)17)2-3-10(14)11(8)13(18)19;9-6-3-4(7(13)14)1-2-5(6)8(10,11)12/h2-5,7,16H,6H2,1H3,(H,18,19);1-3H,(H2,13,14). The van der Waals surface area contributed by atoms with Crippen LogP contribution in [0.15, 0.2) is 47.4 Å². The van der Waals surface area contributed by atoms with Crippen LogP contribution in [-0.4, -0.2) is 33.3 Å². The van der Waals surface area contributed by atoms with E-state index in [4.69, 9.17) is 27.5 Å². The number of halogens is 5. The fourth-order valence-corrected chi connectivity index (χ4v) is 3.11. The molecule has 12 heteroatoms. The second-order valence-electron chi connectivity index (χ2n) is 6.81. The van der Waals surface area contributed by atoms with E-state index in [0.717, 1.165) is 6.07 Å². The highest BCUT2D eigenvalue weighted by Crippen LogP contribution is 2.31. The Balaban J connectivity index is 0.000000245. The van der Waals surface area contributed by atoms with Gasteiger partial charge in [0.1, 0.15) is 5.82 Å². The molecule has 3 rings (SSSR count). The molecule has 1 aromatic heterocycles. The van der Waals surface area contributed by atoms with Gasteiger partial charge >= 0.3 is 12.1 Å². The van der Waals surface area contributed by atoms with E-state index in [1.165, 1.54) is 29.0 Å². The van der Waals surface area contributed by atoms with E-state index in [9.17, 15) is 31.9 Å². The van der Waals surface area contributed by atoms with Crippen molar-refractivity contribution in [2.24, 2.45) is 5.73 Å². The lowest BCUT2D eigenvalue weighted by Crippen LogP contribution is -2.25. The molecule has 3 aromatic rings. The Bertz CT molecular complexity index is 1270. The summed E-state index contributed by atoms with van der Waals surface area (Å²) in [6.07, 6.45) is -3.30. The van der Waals surface area contributed by atoms with E-state index in [0.29, 0.717) is 17.5 Å². The lowest BCUT2D eigenvalue weighted by molar-refractivity contribution is -0.140. The minimum Gasteiger partial charge on any atom is -0.478 e. The Morgan fingerprint density at radius 1 is 1.15 bits per heavy atom. The zero-order valence-electron chi connectivity index (χ0n) is 16.9. The van der Waals surface area contributed by atoms with Crippen LogP contribution in [-0.2, 0) is 6.18 Å². The summed E-state index contributed by atoms with van der Waals surface area (Å²) in [6.45, 7) is 1.52. The van der Waals surface area contributed by atoms with Crippen molar-refractivity contribution in [3.8, 4) is 0 Å². The maximum absolute atomic E-state index is 12.8. The number of carboxylic acid groups (broad SMARTS) is 1. The van der Waals surface area contributed by atoms with Gasteiger partial charge in [-0.3, -0.25) is 9.59 Å². The number of nitrogens with zero attached hydrogens (tertiary/aromatic N) is 1. The zero-order valence-corrected chi connectivity index (χ0v) is 17.6. The Morgan fingerprint density at radius 3 is 2.27 bits per heavy atom. The summed E-state index contributed by atoms with van der Waals surface area (Å²) >= 11 is 5.85. The SMILES string of the molecule is CC(CO)n1ccc2c(C(=O)O)c(Cl)ccc2c1=O.NC(=O)c1ccc(C(F)(F)F)c(F)c1. The molecular weight excluding hydrogens is 472 g/mol. The third-order valence-corrected chi connectivity index (χ3v) is 4.89. The van der Waals surface area contributed by atoms with Gasteiger partial charge in [0.05, 0.1) is 28.8 Å². The van der Waals surface area contributed by atoms with Crippen LogP contribution in [0.4, 0.5) is 17.6 Å². The highest BCUT2D eigenvalue weighted by atomic mass is 35.5. The summed E-state index contributed by atoms with van der Waals surface area (Å²) < 4.78 is 50.2. The number of nitrogens with two attached hydrogens (primary N) is 1. The zero-order chi connectivity index (χ0) is 25.1. The number of carbonyl (C=O) groups is 2. The van der Waals surface area contributed by atoms with Crippen molar-refractivity contribution in [2.75, 3.05) is 6.61 Å². The van der Waals surface area contributed by atoms with Crippen molar-refractivity contribution in [2.45, 2.75) is 19.1 Å². The van der Waals surface area contributed by atoms with Gasteiger partial charge in [-0.15, -0.1) is 0 Å². The summed E-state index contributed by atoms with van der Waals surface area (Å²) in [5.74, 6) is -3.66. The monoisotopic (exact) mass is 488 g/mol. The number of benzene rings is 2. The predicted molar refractivity (Wildman–Crippen MR) is 112 cm³/mol. The van der Waals surface area contributed by atoms with Gasteiger partial charge in [0, 0.05) is 22.5 Å². The van der Waals surface area contributed by atoms with Crippen molar-refractivity contribution in [1.29, 1.82) is 0 Å². The van der Waals surface area contributed by atoms with Gasteiger partial charge in [-0.25, -0.2) is 9.18 Å². The fourth-order valence-electron chi connectivity index (χ4n) is 2.86. The number of fused-ring (bicyclic) bond motifs is 1. The largest absolute Gasteiger partial charge is 0.478 e. The number of aliphatic hydroxyl groups is 1. The second-order valence-corrected chi connectivity index (χ2v) is 7.21. The number of alkyl halides is 3. The highest BCUT2D eigenvalue weighted by Gasteiger charge is 2.34. The predicted octanol–water partition coefficient (Wildman–Crippen LogP) is 3.85. The van der Waals surface area contributed by atoms with Crippen LogP contribution >= 0.6 is 11.6 Å². The fraction of sp³-hybridized carbons (Fsp3) is 0.190. The quantitative estimate of drug-likeness (QED) is 0.481. The third kappa shape index (κ3) is 5.68. The maximum atomic E-state index is 12.8. The lowest BCUT2D eigenvalue weighted by atomic mass is 10.1. The van der Waals surface area contributed by atoms with Gasteiger partial charge in [0.25, 0.3) is 5.56 Å². The molecule has 33 heavy (non-hydrogen) atoms. The molecule has 0 bridgehead atoms. The van der Waals surface area contributed by atoms with Gasteiger partial charge in [0.15, 0.2) is 0 Å². The molecule has 1 unspecified atom stereocenters. The van der Waals surface area contributed by atoms with Gasteiger partial charge in [-0.1, -0.05) is 11.6 Å². The van der Waals surface area contributed by atoms with E-state index in [1.54, 1.807) is 6.92 Å². The number of pyridine rings is 1. The number of aliphatic hydroxyl groups excluding tert-OH is 1. The Labute approximate surface area is 188 Å². The molecule has 0 saturated heterocycles. The van der Waals surface area contributed by atoms with Crippen LogP contribution in [0.2, 0.25) is 5.02 Å². The van der Waals surface area contributed by atoms with Crippen LogP contribution in [0.3, 0.4) is 0 Å². The minimum atomic E-state index is -4.76. The number of carbonyl (C=O) groups excluding carboxylic acids is 1. The van der Waals surface area contributed by atoms with Crippen molar-refractivity contribution >= 4 is 34.2 Å². The van der Waals surface area contributed by atoms with Gasteiger partial charge in [0.2, 0.25) is 5.91 Å². The Kier molecular flexibility index (Phi) is 7.83. The average Bonchev–Trinajstić information content (AvgIpc) is 2.72. The summed E-state index contributed by atoms with van der Waals surface area (Å²) in [6, 6.07) is 5.81. The van der Waals surface area contributed by atoms with E-state index in [-0.39, 0.29) is 39.7 Å². The summed E-state index contributed by atoms with van der Waals surface area (Å²) in [4.78, 5) is 33.9. The van der Waals surface area contributed by atoms with Gasteiger partial charge < -0.3 is 20.5 Å². The molecule has 1 amide bonds. The molecule has 0 spiro atoms. The number of primary amides is 1. The number of aromatic carboxylic acids is 1. The van der Waals surface area contributed by atoms with E-state index >= 15 is 0 Å². The Morgan fingerprint density at radius 2 is 1.79 bits per heavy atom. The van der Waals surface area contributed by atoms with Crippen molar-refractivity contribution < 1.29 is 37.4 Å². The van der Waals surface area contributed by atoms with Gasteiger partial charge in [-0.2, -0.15) is 13.2 Å². The van der Waals surface area contributed by atoms with Crippen molar-refractivity contribution in [1.82, 2.24) is 4.57 Å². The minimum absolute atomic E-state index is 0.0833. The number of hydrogen-bond acceptors (Lipinski definition) is 4. The first-order valence-corrected chi connectivity index (χ1v) is 9.51. The molecule has 176 valence electrons. The molecular formula is C21H17ClF4N2O5. The molecule has 0 aliphatic carbocycles. The highest BCUT2D eigenvalue weighted by molar-refractivity contribution is 6.35. The topological polar surface area (TPSA) is 123 Å². The smallest absolute Gasteiger partial charge is 0.419 e. The molecule has 0 fully saturated rings. The molecule has 7 nitrogen and oxygen atoms in total. The third-order valence-electron chi connectivity index (χ3n) is 4.57. The first-order valence-electron chi connectivity index (χ1n) is 9.13. The molecule has 0 aliphatic rings. The molecule has 1 atom stereocenters. The molecule has 4 N–H and O–H groups in total. The van der Waals surface area contributed by atoms with Crippen molar-refractivity contribution in [3.63, 3.8) is 0 Å². The van der Waals surface area contributed by atoms with Crippen molar-refractivity contribution in [3.05, 3.63) is 80.5 Å². The lowest BCUT2D eigenvalue weighted by Gasteiger charge is -2.13. The Hall–Kier alpha value is -3.44. The maximum Gasteiger partial charge on any atom is 0.419 e. The van der Waals surface area contributed by atoms with Crippen LogP contribution in [0, 0.1) is 5.82 Å². The normalized spacial score (nSPS) is 12.1. The van der Waals surface area contributed by atoms with Crippen LogP contribution < -0.4 is 11.3 Å². The number of aromatic nitrogens is 1. The summed E-state index contributed by atoms with van der Waals surface area (Å²) in [5, 5.41) is 18.9. The van der Waals surface area contributed by atoms with Gasteiger partial charge in [-0.05, 0) is 43.3 Å². The molecule has 0 aliphatic heterocycles. The van der Waals surface area contributed by atoms with E-state index in [1.807, 2.05) is 0 Å². The summed E-state index contributed by atoms with van der Waals surface area (Å²) in [5.41, 5.74) is 2.61. The molecule has 0 radical (unpaired) electrons. The number of carboxylic acids is 1. The van der Waals surface area contributed by atoms with Crippen LogP contribution in [0.25, 0.3) is 10.8 Å². The molecule has 0 saturated carbocycles. The average molecular weight is 489 g/mol. The summed E-state index contributed by atoms with van der Waals surface area (Å²) in [7, 11) is 0. The first kappa shape index (κ1) is 25.8.